The van der Waals surface area contributed by atoms with Gasteiger partial charge < -0.3 is 14.6 Å². The molecule has 4 heteroatoms. The van der Waals surface area contributed by atoms with Crippen LogP contribution < -0.4 is 9.47 Å². The molecule has 0 unspecified atom stereocenters. The quantitative estimate of drug-likeness (QED) is 0.831. The van der Waals surface area contributed by atoms with E-state index in [1.807, 2.05) is 12.1 Å². The Labute approximate surface area is 93.8 Å². The van der Waals surface area contributed by atoms with Crippen molar-refractivity contribution in [1.82, 2.24) is 0 Å². The molecule has 1 heterocycles. The van der Waals surface area contributed by atoms with Crippen LogP contribution in [0.4, 0.5) is 0 Å². The molecule has 4 nitrogen and oxygen atoms in total. The fraction of sp³-hybridized carbons (Fsp3) is 0.417. The van der Waals surface area contributed by atoms with Crippen molar-refractivity contribution < 1.29 is 19.4 Å². The maximum absolute atomic E-state index is 10.7. The van der Waals surface area contributed by atoms with Gasteiger partial charge in [-0.3, -0.25) is 0 Å². The van der Waals surface area contributed by atoms with Crippen molar-refractivity contribution in [2.24, 2.45) is 0 Å². The molecule has 86 valence electrons. The summed E-state index contributed by atoms with van der Waals surface area (Å²) < 4.78 is 10.7. The minimum atomic E-state index is -1.00. The van der Waals surface area contributed by atoms with E-state index in [-0.39, 0.29) is 6.61 Å². The highest BCUT2D eigenvalue weighted by atomic mass is 16.6. The Balaban J connectivity index is 2.25. The van der Waals surface area contributed by atoms with Crippen LogP contribution in [0.25, 0.3) is 0 Å². The SMILES string of the molecule is CC(C)c1ccc2c(c1)OC[C@@H](C(=O)O)O2. The van der Waals surface area contributed by atoms with Gasteiger partial charge >= 0.3 is 5.97 Å². The molecule has 0 spiro atoms. The molecule has 0 radical (unpaired) electrons. The first-order chi connectivity index (χ1) is 7.58. The number of rotatable bonds is 2. The second-order valence-electron chi connectivity index (χ2n) is 4.12. The van der Waals surface area contributed by atoms with Crippen molar-refractivity contribution >= 4 is 5.97 Å². The number of benzene rings is 1. The lowest BCUT2D eigenvalue weighted by atomic mass is 10.0. The van der Waals surface area contributed by atoms with Crippen LogP contribution in [0.2, 0.25) is 0 Å². The summed E-state index contributed by atoms with van der Waals surface area (Å²) in [5, 5.41) is 8.80. The topological polar surface area (TPSA) is 55.8 Å². The molecular formula is C12H14O4. The Kier molecular flexibility index (Phi) is 2.73. The molecule has 16 heavy (non-hydrogen) atoms. The first kappa shape index (κ1) is 10.8. The van der Waals surface area contributed by atoms with E-state index in [9.17, 15) is 4.79 Å². The lowest BCUT2D eigenvalue weighted by molar-refractivity contribution is -0.147. The number of ether oxygens (including phenoxy) is 2. The van der Waals surface area contributed by atoms with Crippen LogP contribution in [0.5, 0.6) is 11.5 Å². The molecule has 0 bridgehead atoms. The number of fused-ring (bicyclic) bond motifs is 1. The molecule has 1 aliphatic rings. The molecule has 0 aliphatic carbocycles. The van der Waals surface area contributed by atoms with E-state index in [2.05, 4.69) is 13.8 Å². The molecule has 1 aliphatic heterocycles. The van der Waals surface area contributed by atoms with Gasteiger partial charge in [-0.25, -0.2) is 4.79 Å². The average molecular weight is 222 g/mol. The fourth-order valence-electron chi connectivity index (χ4n) is 1.57. The van der Waals surface area contributed by atoms with E-state index in [0.717, 1.165) is 5.56 Å². The molecule has 0 aromatic heterocycles. The van der Waals surface area contributed by atoms with Crippen LogP contribution in [-0.2, 0) is 4.79 Å². The van der Waals surface area contributed by atoms with Crippen LogP contribution in [0.1, 0.15) is 25.3 Å². The van der Waals surface area contributed by atoms with E-state index < -0.39 is 12.1 Å². The van der Waals surface area contributed by atoms with Gasteiger partial charge in [0, 0.05) is 0 Å². The Hall–Kier alpha value is -1.71. The first-order valence-corrected chi connectivity index (χ1v) is 5.24. The van der Waals surface area contributed by atoms with Crippen LogP contribution in [0.3, 0.4) is 0 Å². The molecule has 0 fully saturated rings. The van der Waals surface area contributed by atoms with Gasteiger partial charge in [0.05, 0.1) is 0 Å². The van der Waals surface area contributed by atoms with Crippen molar-refractivity contribution in [2.45, 2.75) is 25.9 Å². The van der Waals surface area contributed by atoms with Gasteiger partial charge in [0.25, 0.3) is 0 Å². The van der Waals surface area contributed by atoms with Crippen LogP contribution in [0, 0.1) is 0 Å². The highest BCUT2D eigenvalue weighted by molar-refractivity contribution is 5.73. The monoisotopic (exact) mass is 222 g/mol. The Bertz CT molecular complexity index is 411. The summed E-state index contributed by atoms with van der Waals surface area (Å²) in [6.45, 7) is 4.24. The summed E-state index contributed by atoms with van der Waals surface area (Å²) in [5.41, 5.74) is 1.15. The van der Waals surface area contributed by atoms with Crippen LogP contribution >= 0.6 is 0 Å². The summed E-state index contributed by atoms with van der Waals surface area (Å²) in [6.07, 6.45) is -0.905. The summed E-state index contributed by atoms with van der Waals surface area (Å²) in [4.78, 5) is 10.7. The van der Waals surface area contributed by atoms with E-state index in [1.165, 1.54) is 0 Å². The lowest BCUT2D eigenvalue weighted by Crippen LogP contribution is -2.36. The predicted molar refractivity (Wildman–Crippen MR) is 58.1 cm³/mol. The lowest BCUT2D eigenvalue weighted by Gasteiger charge is -2.24. The summed E-state index contributed by atoms with van der Waals surface area (Å²) >= 11 is 0. The van der Waals surface area contributed by atoms with Crippen molar-refractivity contribution in [2.75, 3.05) is 6.61 Å². The number of carboxylic acids is 1. The van der Waals surface area contributed by atoms with Gasteiger partial charge in [-0.1, -0.05) is 19.9 Å². The van der Waals surface area contributed by atoms with Crippen molar-refractivity contribution in [1.29, 1.82) is 0 Å². The molecule has 0 saturated heterocycles. The summed E-state index contributed by atoms with van der Waals surface area (Å²) in [7, 11) is 0. The van der Waals surface area contributed by atoms with Crippen molar-refractivity contribution in [3.8, 4) is 11.5 Å². The number of aliphatic carboxylic acids is 1. The number of hydrogen-bond acceptors (Lipinski definition) is 3. The smallest absolute Gasteiger partial charge is 0.348 e. The van der Waals surface area contributed by atoms with Gasteiger partial charge in [0.2, 0.25) is 6.10 Å². The van der Waals surface area contributed by atoms with Gasteiger partial charge in [-0.2, -0.15) is 0 Å². The first-order valence-electron chi connectivity index (χ1n) is 5.24. The Morgan fingerprint density at radius 1 is 1.44 bits per heavy atom. The molecule has 1 aromatic carbocycles. The van der Waals surface area contributed by atoms with Gasteiger partial charge in [0.15, 0.2) is 11.5 Å². The normalized spacial score (nSPS) is 18.6. The standard InChI is InChI=1S/C12H14O4/c1-7(2)8-3-4-9-10(5-8)15-6-11(16-9)12(13)14/h3-5,7,11H,6H2,1-2H3,(H,13,14)/t11-/m0/s1. The zero-order valence-electron chi connectivity index (χ0n) is 9.27. The minimum Gasteiger partial charge on any atom is -0.485 e. The van der Waals surface area contributed by atoms with E-state index >= 15 is 0 Å². The largest absolute Gasteiger partial charge is 0.485 e. The second kappa shape index (κ2) is 4.04. The van der Waals surface area contributed by atoms with Gasteiger partial charge in [0.1, 0.15) is 6.61 Å². The molecule has 2 rings (SSSR count). The molecule has 0 amide bonds. The third-order valence-corrected chi connectivity index (χ3v) is 2.57. The van der Waals surface area contributed by atoms with E-state index in [0.29, 0.717) is 17.4 Å². The zero-order valence-corrected chi connectivity index (χ0v) is 9.27. The zero-order chi connectivity index (χ0) is 11.7. The average Bonchev–Trinajstić information content (AvgIpc) is 2.27. The Morgan fingerprint density at radius 3 is 2.81 bits per heavy atom. The van der Waals surface area contributed by atoms with Crippen LogP contribution in [-0.4, -0.2) is 23.8 Å². The molecule has 0 saturated carbocycles. The molecule has 1 N–H and O–H groups in total. The maximum atomic E-state index is 10.7. The number of hydrogen-bond donors (Lipinski definition) is 1. The summed E-state index contributed by atoms with van der Waals surface area (Å²) in [6, 6.07) is 5.59. The maximum Gasteiger partial charge on any atom is 0.348 e. The third kappa shape index (κ3) is 1.96. The van der Waals surface area contributed by atoms with E-state index in [1.54, 1.807) is 6.07 Å². The van der Waals surface area contributed by atoms with E-state index in [4.69, 9.17) is 14.6 Å². The highest BCUT2D eigenvalue weighted by Crippen LogP contribution is 2.34. The third-order valence-electron chi connectivity index (χ3n) is 2.57. The molecule has 1 aromatic rings. The second-order valence-corrected chi connectivity index (χ2v) is 4.12. The minimum absolute atomic E-state index is 0.0594. The van der Waals surface area contributed by atoms with Crippen LogP contribution in [0.15, 0.2) is 18.2 Å². The number of carboxylic acid groups (broad SMARTS) is 1. The fourth-order valence-corrected chi connectivity index (χ4v) is 1.57. The van der Waals surface area contributed by atoms with Crippen molar-refractivity contribution in [3.63, 3.8) is 0 Å². The predicted octanol–water partition coefficient (Wildman–Crippen LogP) is 2.03. The molecular weight excluding hydrogens is 208 g/mol. The van der Waals surface area contributed by atoms with Gasteiger partial charge in [-0.05, 0) is 23.6 Å². The Morgan fingerprint density at radius 2 is 2.19 bits per heavy atom. The molecule has 1 atom stereocenters. The van der Waals surface area contributed by atoms with Gasteiger partial charge in [-0.15, -0.1) is 0 Å². The van der Waals surface area contributed by atoms with Crippen molar-refractivity contribution in [3.05, 3.63) is 23.8 Å². The highest BCUT2D eigenvalue weighted by Gasteiger charge is 2.27. The number of carbonyl (C=O) groups is 1. The summed E-state index contributed by atoms with van der Waals surface area (Å²) in [5.74, 6) is 0.538.